The number of hydrogen-bond donors (Lipinski definition) is 1. The summed E-state index contributed by atoms with van der Waals surface area (Å²) < 4.78 is 41.4. The van der Waals surface area contributed by atoms with Gasteiger partial charge in [-0.15, -0.1) is 0 Å². The number of aryl methyl sites for hydroxylation is 1. The summed E-state index contributed by atoms with van der Waals surface area (Å²) in [5.74, 6) is -0.530. The van der Waals surface area contributed by atoms with Crippen molar-refractivity contribution in [2.45, 2.75) is 24.8 Å². The molecule has 1 aliphatic heterocycles. The highest BCUT2D eigenvalue weighted by molar-refractivity contribution is 7.92. The Morgan fingerprint density at radius 1 is 1.00 bits per heavy atom. The lowest BCUT2D eigenvalue weighted by molar-refractivity contribution is 0.0734. The van der Waals surface area contributed by atoms with Crippen molar-refractivity contribution in [2.24, 2.45) is 0 Å². The van der Waals surface area contributed by atoms with Crippen molar-refractivity contribution >= 4 is 21.6 Å². The van der Waals surface area contributed by atoms with Crippen molar-refractivity contribution < 1.29 is 17.6 Å². The van der Waals surface area contributed by atoms with E-state index in [0.29, 0.717) is 36.3 Å². The average molecular weight is 424 g/mol. The number of sulfonamides is 1. The third-order valence-electron chi connectivity index (χ3n) is 5.21. The summed E-state index contributed by atoms with van der Waals surface area (Å²) in [5, 5.41) is 0. The van der Waals surface area contributed by atoms with Gasteiger partial charge in [-0.25, -0.2) is 12.8 Å². The number of rotatable bonds is 4. The molecule has 0 aromatic heterocycles. The van der Waals surface area contributed by atoms with Gasteiger partial charge < -0.3 is 4.90 Å². The van der Waals surface area contributed by atoms with Gasteiger partial charge in [0.2, 0.25) is 0 Å². The van der Waals surface area contributed by atoms with Gasteiger partial charge in [0.1, 0.15) is 5.82 Å². The van der Waals surface area contributed by atoms with Crippen molar-refractivity contribution in [3.63, 3.8) is 0 Å². The Bertz CT molecular complexity index is 1210. The SMILES string of the molecule is Cc1cc(F)ccc1S(=O)(=O)Nc1ccc2c(c1)CN(C(=O)c1ccccc1)CC2. The first kappa shape index (κ1) is 20.1. The van der Waals surface area contributed by atoms with Crippen molar-refractivity contribution in [1.82, 2.24) is 4.90 Å². The van der Waals surface area contributed by atoms with Crippen molar-refractivity contribution in [3.8, 4) is 0 Å². The lowest BCUT2D eigenvalue weighted by Gasteiger charge is -2.29. The molecule has 0 aliphatic carbocycles. The Labute approximate surface area is 175 Å². The van der Waals surface area contributed by atoms with Crippen LogP contribution in [-0.2, 0) is 23.0 Å². The van der Waals surface area contributed by atoms with E-state index in [1.165, 1.54) is 12.1 Å². The zero-order valence-corrected chi connectivity index (χ0v) is 17.2. The van der Waals surface area contributed by atoms with Crippen molar-refractivity contribution in [3.05, 3.63) is 94.8 Å². The zero-order valence-electron chi connectivity index (χ0n) is 16.4. The second kappa shape index (κ2) is 7.91. The molecule has 0 spiro atoms. The zero-order chi connectivity index (χ0) is 21.3. The monoisotopic (exact) mass is 424 g/mol. The maximum absolute atomic E-state index is 13.3. The fourth-order valence-electron chi connectivity index (χ4n) is 3.68. The van der Waals surface area contributed by atoms with E-state index in [1.54, 1.807) is 36.1 Å². The van der Waals surface area contributed by atoms with Crippen LogP contribution >= 0.6 is 0 Å². The number of benzene rings is 3. The molecule has 0 fully saturated rings. The maximum Gasteiger partial charge on any atom is 0.262 e. The van der Waals surface area contributed by atoms with Crippen LogP contribution in [-0.4, -0.2) is 25.8 Å². The van der Waals surface area contributed by atoms with E-state index in [-0.39, 0.29) is 10.8 Å². The summed E-state index contributed by atoms with van der Waals surface area (Å²) in [6.45, 7) is 2.58. The molecule has 1 heterocycles. The standard InChI is InChI=1S/C23H21FN2O3S/c1-16-13-20(24)8-10-22(16)30(28,29)25-21-9-7-17-11-12-26(15-19(17)14-21)23(27)18-5-3-2-4-6-18/h2-10,13-14,25H,11-12,15H2,1H3. The molecule has 30 heavy (non-hydrogen) atoms. The minimum atomic E-state index is -3.86. The van der Waals surface area contributed by atoms with Gasteiger partial charge in [-0.05, 0) is 72.5 Å². The highest BCUT2D eigenvalue weighted by Crippen LogP contribution is 2.26. The fraction of sp³-hybridized carbons (Fsp3) is 0.174. The Morgan fingerprint density at radius 2 is 1.77 bits per heavy atom. The molecule has 0 saturated heterocycles. The minimum Gasteiger partial charge on any atom is -0.334 e. The lowest BCUT2D eigenvalue weighted by atomic mass is 9.98. The van der Waals surface area contributed by atoms with E-state index in [1.807, 2.05) is 24.3 Å². The molecular weight excluding hydrogens is 403 g/mol. The predicted molar refractivity (Wildman–Crippen MR) is 113 cm³/mol. The van der Waals surface area contributed by atoms with E-state index in [4.69, 9.17) is 0 Å². The normalized spacial score (nSPS) is 13.6. The molecule has 0 bridgehead atoms. The van der Waals surface area contributed by atoms with Gasteiger partial charge in [0.15, 0.2) is 0 Å². The largest absolute Gasteiger partial charge is 0.334 e. The van der Waals surface area contributed by atoms with Crippen LogP contribution in [0.5, 0.6) is 0 Å². The average Bonchev–Trinajstić information content (AvgIpc) is 2.72. The van der Waals surface area contributed by atoms with E-state index >= 15 is 0 Å². The molecule has 0 radical (unpaired) electrons. The van der Waals surface area contributed by atoms with Gasteiger partial charge in [0.05, 0.1) is 4.90 Å². The van der Waals surface area contributed by atoms with E-state index in [2.05, 4.69) is 4.72 Å². The number of carbonyl (C=O) groups excluding carboxylic acids is 1. The maximum atomic E-state index is 13.3. The molecule has 154 valence electrons. The first-order valence-corrected chi connectivity index (χ1v) is 11.1. The van der Waals surface area contributed by atoms with Gasteiger partial charge in [-0.1, -0.05) is 24.3 Å². The smallest absolute Gasteiger partial charge is 0.262 e. The number of carbonyl (C=O) groups is 1. The molecule has 1 aliphatic rings. The number of nitrogens with one attached hydrogen (secondary N) is 1. The molecule has 1 N–H and O–H groups in total. The second-order valence-electron chi connectivity index (χ2n) is 7.34. The molecule has 7 heteroatoms. The van der Waals surface area contributed by atoms with Crippen LogP contribution in [0, 0.1) is 12.7 Å². The minimum absolute atomic E-state index is 0.0301. The van der Waals surface area contributed by atoms with Gasteiger partial charge in [-0.3, -0.25) is 9.52 Å². The van der Waals surface area contributed by atoms with Gasteiger partial charge in [0.25, 0.3) is 15.9 Å². The van der Waals surface area contributed by atoms with E-state index in [0.717, 1.165) is 17.2 Å². The van der Waals surface area contributed by atoms with Gasteiger partial charge in [0, 0.05) is 24.3 Å². The van der Waals surface area contributed by atoms with Crippen molar-refractivity contribution in [1.29, 1.82) is 0 Å². The summed E-state index contributed by atoms with van der Waals surface area (Å²) in [6.07, 6.45) is 0.706. The van der Waals surface area contributed by atoms with Crippen molar-refractivity contribution in [2.75, 3.05) is 11.3 Å². The highest BCUT2D eigenvalue weighted by atomic mass is 32.2. The lowest BCUT2D eigenvalue weighted by Crippen LogP contribution is -2.36. The Kier molecular flexibility index (Phi) is 5.30. The number of nitrogens with zero attached hydrogens (tertiary/aromatic N) is 1. The molecule has 0 saturated carbocycles. The van der Waals surface area contributed by atoms with E-state index < -0.39 is 15.8 Å². The summed E-state index contributed by atoms with van der Waals surface area (Å²) in [7, 11) is -3.86. The van der Waals surface area contributed by atoms with Crippen LogP contribution in [0.15, 0.2) is 71.6 Å². The molecule has 1 amide bonds. The van der Waals surface area contributed by atoms with Gasteiger partial charge in [-0.2, -0.15) is 0 Å². The van der Waals surface area contributed by atoms with Crippen LogP contribution in [0.2, 0.25) is 0 Å². The fourth-order valence-corrected chi connectivity index (χ4v) is 4.96. The van der Waals surface area contributed by atoms with Gasteiger partial charge >= 0.3 is 0 Å². The van der Waals surface area contributed by atoms with Crippen LogP contribution < -0.4 is 4.72 Å². The molecule has 3 aromatic carbocycles. The predicted octanol–water partition coefficient (Wildman–Crippen LogP) is 4.13. The molecule has 5 nitrogen and oxygen atoms in total. The topological polar surface area (TPSA) is 66.5 Å². The van der Waals surface area contributed by atoms with E-state index in [9.17, 15) is 17.6 Å². The van der Waals surface area contributed by atoms with Crippen LogP contribution in [0.1, 0.15) is 27.0 Å². The molecule has 0 atom stereocenters. The Hall–Kier alpha value is -3.19. The Morgan fingerprint density at radius 3 is 2.50 bits per heavy atom. The number of hydrogen-bond acceptors (Lipinski definition) is 3. The number of amides is 1. The molecule has 0 unspecified atom stereocenters. The number of anilines is 1. The second-order valence-corrected chi connectivity index (χ2v) is 8.99. The first-order chi connectivity index (χ1) is 14.3. The van der Waals surface area contributed by atoms with Crippen LogP contribution in [0.4, 0.5) is 10.1 Å². The molecular formula is C23H21FN2O3S. The van der Waals surface area contributed by atoms with Crippen LogP contribution in [0.25, 0.3) is 0 Å². The third kappa shape index (κ3) is 4.07. The third-order valence-corrected chi connectivity index (χ3v) is 6.75. The quantitative estimate of drug-likeness (QED) is 0.685. The summed E-state index contributed by atoms with van der Waals surface area (Å²) in [5.41, 5.74) is 3.37. The highest BCUT2D eigenvalue weighted by Gasteiger charge is 2.23. The number of halogens is 1. The summed E-state index contributed by atoms with van der Waals surface area (Å²) in [4.78, 5) is 14.6. The first-order valence-electron chi connectivity index (χ1n) is 9.58. The molecule has 4 rings (SSSR count). The number of fused-ring (bicyclic) bond motifs is 1. The summed E-state index contributed by atoms with van der Waals surface area (Å²) >= 11 is 0. The summed E-state index contributed by atoms with van der Waals surface area (Å²) in [6, 6.07) is 18.0. The van der Waals surface area contributed by atoms with Crippen LogP contribution in [0.3, 0.4) is 0 Å². The Balaban J connectivity index is 1.56. The molecule has 3 aromatic rings.